The lowest BCUT2D eigenvalue weighted by atomic mass is 9.81. The lowest BCUT2D eigenvalue weighted by Crippen LogP contribution is -2.26. The Morgan fingerprint density at radius 3 is 2.49 bits per heavy atom. The molecule has 7 unspecified atom stereocenters. The molecule has 0 radical (unpaired) electrons. The minimum absolute atomic E-state index is 0.0195. The van der Waals surface area contributed by atoms with Gasteiger partial charge in [0.2, 0.25) is 0 Å². The van der Waals surface area contributed by atoms with Gasteiger partial charge in [0.05, 0.1) is 5.69 Å². The summed E-state index contributed by atoms with van der Waals surface area (Å²) < 4.78 is 60.8. The van der Waals surface area contributed by atoms with E-state index in [9.17, 15) is 22.4 Å². The molecule has 0 bridgehead atoms. The highest BCUT2D eigenvalue weighted by Gasteiger charge is 2.46. The first-order valence-corrected chi connectivity index (χ1v) is 18.6. The molecule has 262 valence electrons. The van der Waals surface area contributed by atoms with Crippen molar-refractivity contribution < 1.29 is 32.2 Å². The number of aryl methyl sites for hydroxylation is 1. The number of aromatic nitrogens is 1. The summed E-state index contributed by atoms with van der Waals surface area (Å²) in [5.74, 6) is 0.0366. The van der Waals surface area contributed by atoms with Crippen molar-refractivity contribution in [2.24, 2.45) is 29.6 Å². The van der Waals surface area contributed by atoms with Crippen LogP contribution in [0.1, 0.15) is 81.1 Å². The van der Waals surface area contributed by atoms with Crippen LogP contribution >= 0.6 is 23.1 Å². The summed E-state index contributed by atoms with van der Waals surface area (Å²) in [7, 11) is 0. The predicted octanol–water partition coefficient (Wildman–Crippen LogP) is 11.2. The molecule has 7 atom stereocenters. The van der Waals surface area contributed by atoms with Gasteiger partial charge < -0.3 is 9.84 Å². The number of carbonyl (C=O) groups is 1. The van der Waals surface area contributed by atoms with E-state index in [-0.39, 0.29) is 36.0 Å². The number of allylic oxidation sites excluding steroid dienone is 16. The number of ether oxygens (including phenoxy) is 1. The van der Waals surface area contributed by atoms with E-state index in [1.54, 1.807) is 42.2 Å². The van der Waals surface area contributed by atoms with E-state index >= 15 is 0 Å². The number of thiazole rings is 1. The van der Waals surface area contributed by atoms with Gasteiger partial charge in [-0.2, -0.15) is 13.2 Å². The van der Waals surface area contributed by atoms with Crippen molar-refractivity contribution in [3.63, 3.8) is 0 Å². The van der Waals surface area contributed by atoms with Crippen molar-refractivity contribution in [1.29, 1.82) is 0 Å². The molecule has 49 heavy (non-hydrogen) atoms. The van der Waals surface area contributed by atoms with Gasteiger partial charge in [-0.3, -0.25) is 0 Å². The monoisotopic (exact) mass is 713 g/mol. The van der Waals surface area contributed by atoms with Crippen LogP contribution in [0.5, 0.6) is 0 Å². The van der Waals surface area contributed by atoms with Crippen molar-refractivity contribution in [1.82, 2.24) is 4.98 Å². The second-order valence-electron chi connectivity index (χ2n) is 14.3. The number of rotatable bonds is 10. The maximum Gasteiger partial charge on any atom is 0.412 e. The normalized spacial score (nSPS) is 30.4. The number of nitrogens with zero attached hydrogens (tertiary/aromatic N) is 1. The fourth-order valence-corrected chi connectivity index (χ4v) is 10.4. The van der Waals surface area contributed by atoms with E-state index in [0.717, 1.165) is 45.1 Å². The molecule has 0 aliphatic heterocycles. The highest BCUT2D eigenvalue weighted by atomic mass is 32.2. The van der Waals surface area contributed by atoms with Crippen LogP contribution in [0.15, 0.2) is 87.1 Å². The lowest BCUT2D eigenvalue weighted by molar-refractivity contribution is -0.141. The zero-order valence-electron chi connectivity index (χ0n) is 28.7. The minimum atomic E-state index is -4.34. The van der Waals surface area contributed by atoms with Crippen LogP contribution in [0.3, 0.4) is 0 Å². The zero-order valence-corrected chi connectivity index (χ0v) is 30.3. The molecular weight excluding hydrogens is 671 g/mol. The third-order valence-corrected chi connectivity index (χ3v) is 13.2. The molecule has 6 rings (SSSR count). The van der Waals surface area contributed by atoms with Crippen molar-refractivity contribution in [2.45, 2.75) is 84.3 Å². The highest BCUT2D eigenvalue weighted by molar-refractivity contribution is 8.03. The van der Waals surface area contributed by atoms with Crippen LogP contribution in [-0.2, 0) is 9.53 Å². The average molecular weight is 714 g/mol. The Balaban J connectivity index is 1.31. The number of carboxylic acid groups (broad SMARTS) is 1. The van der Waals surface area contributed by atoms with Crippen LogP contribution < -0.4 is 0 Å². The minimum Gasteiger partial charge on any atom is -0.486 e. The first-order valence-electron chi connectivity index (χ1n) is 16.9. The van der Waals surface area contributed by atoms with Gasteiger partial charge in [0.15, 0.2) is 6.61 Å². The van der Waals surface area contributed by atoms with Crippen molar-refractivity contribution >= 4 is 34.6 Å². The average Bonchev–Trinajstić information content (AvgIpc) is 3.72. The molecule has 1 fully saturated rings. The molecule has 4 nitrogen and oxygen atoms in total. The van der Waals surface area contributed by atoms with E-state index in [1.807, 2.05) is 40.7 Å². The van der Waals surface area contributed by atoms with Crippen molar-refractivity contribution in [3.8, 4) is 0 Å². The Morgan fingerprint density at radius 2 is 1.84 bits per heavy atom. The summed E-state index contributed by atoms with van der Waals surface area (Å²) in [6.07, 6.45) is 13.2. The summed E-state index contributed by atoms with van der Waals surface area (Å²) in [6, 6.07) is 0. The molecule has 1 aromatic rings. The molecule has 5 aliphatic carbocycles. The third-order valence-electron chi connectivity index (χ3n) is 10.4. The summed E-state index contributed by atoms with van der Waals surface area (Å²) in [4.78, 5) is 18.4. The van der Waals surface area contributed by atoms with Crippen LogP contribution in [0.25, 0.3) is 5.57 Å². The van der Waals surface area contributed by atoms with Gasteiger partial charge in [-0.25, -0.2) is 14.2 Å². The number of halogens is 4. The van der Waals surface area contributed by atoms with E-state index in [0.29, 0.717) is 24.0 Å². The molecule has 10 heteroatoms. The summed E-state index contributed by atoms with van der Waals surface area (Å²) in [5, 5.41) is 9.94. The Hall–Kier alpha value is -3.11. The smallest absolute Gasteiger partial charge is 0.412 e. The Kier molecular flexibility index (Phi) is 9.87. The second kappa shape index (κ2) is 13.5. The van der Waals surface area contributed by atoms with Crippen molar-refractivity contribution in [2.75, 3.05) is 6.61 Å². The molecule has 0 amide bonds. The first kappa shape index (κ1) is 35.7. The van der Waals surface area contributed by atoms with Gasteiger partial charge in [0.25, 0.3) is 0 Å². The standard InChI is InChI=1S/C39H43F4NO3S2/c1-20-13-27(39(41,42)43)8-10-29(20)37-44-24(5)36(49-37)33(48-28-14-21(2)35(22(3)15-28)47-19-34(45)46)17-25-7-9-30(32-18-31(25)32)26-11-12-38(6,40)23(4)16-26/h7-12,14,16,20,22-23,31-33H,13,15,17-19H2,1-6H3,(H,45,46). The number of thioether (sulfide) groups is 1. The lowest BCUT2D eigenvalue weighted by Gasteiger charge is -2.28. The van der Waals surface area contributed by atoms with E-state index in [1.165, 1.54) is 22.1 Å². The second-order valence-corrected chi connectivity index (χ2v) is 16.7. The fraction of sp³-hybridized carbons (Fsp3) is 0.487. The number of alkyl halides is 4. The molecule has 1 heterocycles. The topological polar surface area (TPSA) is 59.4 Å². The number of hydrogen-bond acceptors (Lipinski definition) is 5. The van der Waals surface area contributed by atoms with Crippen LogP contribution in [0.2, 0.25) is 0 Å². The predicted molar refractivity (Wildman–Crippen MR) is 190 cm³/mol. The van der Waals surface area contributed by atoms with Gasteiger partial charge in [0.1, 0.15) is 16.4 Å². The summed E-state index contributed by atoms with van der Waals surface area (Å²) in [5.41, 5.74) is 4.53. The van der Waals surface area contributed by atoms with Gasteiger partial charge in [-0.05, 0) is 104 Å². The van der Waals surface area contributed by atoms with Crippen LogP contribution in [0, 0.1) is 36.5 Å². The van der Waals surface area contributed by atoms with Crippen LogP contribution in [0.4, 0.5) is 17.6 Å². The van der Waals surface area contributed by atoms with Crippen LogP contribution in [-0.4, -0.2) is 34.5 Å². The molecular formula is C39H43F4NO3S2. The largest absolute Gasteiger partial charge is 0.486 e. The molecule has 0 saturated heterocycles. The van der Waals surface area contributed by atoms with Crippen molar-refractivity contribution in [3.05, 3.63) is 103 Å². The zero-order chi connectivity index (χ0) is 35.4. The molecule has 0 spiro atoms. The Labute approximate surface area is 294 Å². The maximum absolute atomic E-state index is 14.8. The fourth-order valence-electron chi connectivity index (χ4n) is 7.41. The quantitative estimate of drug-likeness (QED) is 0.245. The molecule has 1 N–H and O–H groups in total. The van der Waals surface area contributed by atoms with Gasteiger partial charge >= 0.3 is 12.1 Å². The molecule has 5 aliphatic rings. The van der Waals surface area contributed by atoms with Gasteiger partial charge in [0, 0.05) is 27.5 Å². The number of aliphatic carboxylic acids is 1. The van der Waals surface area contributed by atoms with Gasteiger partial charge in [-0.1, -0.05) is 62.8 Å². The summed E-state index contributed by atoms with van der Waals surface area (Å²) in [6.45, 7) is 11.0. The summed E-state index contributed by atoms with van der Waals surface area (Å²) >= 11 is 3.37. The Morgan fingerprint density at radius 1 is 1.10 bits per heavy atom. The van der Waals surface area contributed by atoms with E-state index in [4.69, 9.17) is 14.8 Å². The highest BCUT2D eigenvalue weighted by Crippen LogP contribution is 2.58. The number of fused-ring (bicyclic) bond motifs is 1. The molecule has 0 aromatic carbocycles. The number of carboxylic acids is 1. The van der Waals surface area contributed by atoms with E-state index in [2.05, 4.69) is 24.3 Å². The SMILES string of the molecule is CC1=C(OCC(=O)O)C(C)CC(SC(CC2=CC=C(C3=CC(C)C(C)(F)C=C3)C3CC23)c2sc(C3=CC=C(C(F)(F)F)CC3C)nc2C)=C1. The van der Waals surface area contributed by atoms with Gasteiger partial charge in [-0.15, -0.1) is 23.1 Å². The van der Waals surface area contributed by atoms with E-state index < -0.39 is 23.4 Å². The Bertz CT molecular complexity index is 1780. The molecule has 1 aromatic heterocycles. The molecule has 1 saturated carbocycles. The number of hydrogen-bond donors (Lipinski definition) is 1. The third kappa shape index (κ3) is 7.65. The maximum atomic E-state index is 14.8. The first-order chi connectivity index (χ1) is 23.0.